The molecule has 0 saturated heterocycles. The first-order valence-corrected chi connectivity index (χ1v) is 4.93. The summed E-state index contributed by atoms with van der Waals surface area (Å²) in [7, 11) is 0. The summed E-state index contributed by atoms with van der Waals surface area (Å²) in [5.41, 5.74) is -0.142. The van der Waals surface area contributed by atoms with E-state index in [1.165, 1.54) is 16.7 Å². The Morgan fingerprint density at radius 3 is 2.64 bits per heavy atom. The lowest BCUT2D eigenvalue weighted by Crippen LogP contribution is -2.07. The van der Waals surface area contributed by atoms with E-state index in [0.717, 1.165) is 6.92 Å². The summed E-state index contributed by atoms with van der Waals surface area (Å²) in [5, 5.41) is 2.60. The topological polar surface area (TPSA) is 12.9 Å². The molecule has 0 aliphatic rings. The van der Waals surface area contributed by atoms with Gasteiger partial charge in [-0.3, -0.25) is 0 Å². The highest BCUT2D eigenvalue weighted by atomic mass is 79.9. The maximum Gasteiger partial charge on any atom is 0.287 e. The van der Waals surface area contributed by atoms with Gasteiger partial charge in [0.25, 0.3) is 5.92 Å². The van der Waals surface area contributed by atoms with Gasteiger partial charge in [-0.2, -0.15) is 8.78 Å². The minimum absolute atomic E-state index is 0.142. The van der Waals surface area contributed by atoms with Crippen molar-refractivity contribution in [2.75, 3.05) is 0 Å². The second-order valence-corrected chi connectivity index (χ2v) is 3.65. The molecule has 0 saturated carbocycles. The molecule has 0 amide bonds. The van der Waals surface area contributed by atoms with Gasteiger partial charge in [0.05, 0.1) is 5.33 Å². The third-order valence-electron chi connectivity index (χ3n) is 1.12. The maximum atomic E-state index is 12.5. The fourth-order valence-electron chi connectivity index (χ4n) is 0.574. The molecule has 0 radical (unpaired) electrons. The SMILES string of the molecule is CC(F)(F)c1csc(CBr)n1. The van der Waals surface area contributed by atoms with E-state index in [2.05, 4.69) is 20.9 Å². The Morgan fingerprint density at radius 1 is 1.73 bits per heavy atom. The highest BCUT2D eigenvalue weighted by Crippen LogP contribution is 2.28. The lowest BCUT2D eigenvalue weighted by molar-refractivity contribution is 0.0133. The molecule has 0 N–H and O–H groups in total. The minimum atomic E-state index is -2.81. The van der Waals surface area contributed by atoms with Crippen LogP contribution in [-0.4, -0.2) is 4.98 Å². The number of hydrogen-bond donors (Lipinski definition) is 0. The van der Waals surface area contributed by atoms with E-state index < -0.39 is 5.92 Å². The van der Waals surface area contributed by atoms with Gasteiger partial charge in [0.1, 0.15) is 10.7 Å². The summed E-state index contributed by atoms with van der Waals surface area (Å²) < 4.78 is 25.1. The molecule has 0 aliphatic carbocycles. The van der Waals surface area contributed by atoms with Gasteiger partial charge < -0.3 is 0 Å². The van der Waals surface area contributed by atoms with Crippen LogP contribution in [0.3, 0.4) is 0 Å². The van der Waals surface area contributed by atoms with E-state index in [-0.39, 0.29) is 5.69 Å². The fourth-order valence-corrected chi connectivity index (χ4v) is 1.82. The van der Waals surface area contributed by atoms with Gasteiger partial charge in [0, 0.05) is 12.3 Å². The molecule has 1 rings (SSSR count). The largest absolute Gasteiger partial charge is 0.287 e. The van der Waals surface area contributed by atoms with Gasteiger partial charge in [0.15, 0.2) is 0 Å². The molecule has 0 unspecified atom stereocenters. The molecule has 0 bridgehead atoms. The molecule has 1 aromatic rings. The van der Waals surface area contributed by atoms with Crippen molar-refractivity contribution in [2.24, 2.45) is 0 Å². The van der Waals surface area contributed by atoms with E-state index in [0.29, 0.717) is 10.3 Å². The molecule has 0 aliphatic heterocycles. The quantitative estimate of drug-likeness (QED) is 0.726. The molecule has 0 fully saturated rings. The number of alkyl halides is 3. The Morgan fingerprint density at radius 2 is 2.36 bits per heavy atom. The van der Waals surface area contributed by atoms with Crippen molar-refractivity contribution < 1.29 is 8.78 Å². The second-order valence-electron chi connectivity index (χ2n) is 2.15. The third-order valence-corrected chi connectivity index (χ3v) is 2.87. The van der Waals surface area contributed by atoms with Crippen molar-refractivity contribution in [2.45, 2.75) is 18.2 Å². The molecule has 11 heavy (non-hydrogen) atoms. The van der Waals surface area contributed by atoms with Gasteiger partial charge in [-0.1, -0.05) is 15.9 Å². The lowest BCUT2D eigenvalue weighted by Gasteiger charge is -2.04. The smallest absolute Gasteiger partial charge is 0.239 e. The number of aromatic nitrogens is 1. The Kier molecular flexibility index (Phi) is 2.59. The summed E-state index contributed by atoms with van der Waals surface area (Å²) in [4.78, 5) is 3.72. The van der Waals surface area contributed by atoms with Gasteiger partial charge in [0.2, 0.25) is 0 Å². The Hall–Kier alpha value is -0.0300. The van der Waals surface area contributed by atoms with Crippen LogP contribution in [0.1, 0.15) is 17.6 Å². The Balaban J connectivity index is 2.89. The van der Waals surface area contributed by atoms with E-state index >= 15 is 0 Å². The van der Waals surface area contributed by atoms with Gasteiger partial charge in [-0.15, -0.1) is 11.3 Å². The van der Waals surface area contributed by atoms with Gasteiger partial charge in [-0.25, -0.2) is 4.98 Å². The first-order chi connectivity index (χ1) is 5.04. The number of hydrogen-bond acceptors (Lipinski definition) is 2. The van der Waals surface area contributed by atoms with Gasteiger partial charge >= 0.3 is 0 Å². The molecule has 0 atom stereocenters. The molecule has 5 heteroatoms. The van der Waals surface area contributed by atoms with Crippen LogP contribution in [0.4, 0.5) is 8.78 Å². The third kappa shape index (κ3) is 2.20. The highest BCUT2D eigenvalue weighted by Gasteiger charge is 2.27. The molecular formula is C6H6BrF2NS. The first-order valence-electron chi connectivity index (χ1n) is 2.92. The Bertz CT molecular complexity index is 243. The predicted octanol–water partition coefficient (Wildman–Crippen LogP) is 3.15. The van der Waals surface area contributed by atoms with Crippen LogP contribution in [0.15, 0.2) is 5.38 Å². The van der Waals surface area contributed by atoms with E-state index in [4.69, 9.17) is 0 Å². The zero-order valence-electron chi connectivity index (χ0n) is 5.77. The van der Waals surface area contributed by atoms with Crippen LogP contribution in [0, 0.1) is 0 Å². The van der Waals surface area contributed by atoms with Gasteiger partial charge in [-0.05, 0) is 0 Å². The van der Waals surface area contributed by atoms with Crippen molar-refractivity contribution in [3.63, 3.8) is 0 Å². The average Bonchev–Trinajstić information content (AvgIpc) is 2.32. The van der Waals surface area contributed by atoms with Crippen molar-refractivity contribution in [3.05, 3.63) is 16.1 Å². The number of rotatable bonds is 2. The first kappa shape index (κ1) is 9.06. The van der Waals surface area contributed by atoms with E-state index in [1.54, 1.807) is 0 Å². The standard InChI is InChI=1S/C6H6BrF2NS/c1-6(8,9)4-3-11-5(2-7)10-4/h3H,2H2,1H3. The number of nitrogens with zero attached hydrogens (tertiary/aromatic N) is 1. The zero-order valence-corrected chi connectivity index (χ0v) is 8.18. The molecule has 1 aromatic heterocycles. The second kappa shape index (κ2) is 3.15. The predicted molar refractivity (Wildman–Crippen MR) is 44.3 cm³/mol. The van der Waals surface area contributed by atoms with E-state index in [1.807, 2.05) is 0 Å². The Labute approximate surface area is 75.6 Å². The molecule has 1 nitrogen and oxygen atoms in total. The van der Waals surface area contributed by atoms with Crippen LogP contribution >= 0.6 is 27.3 Å². The molecule has 0 aromatic carbocycles. The monoisotopic (exact) mass is 241 g/mol. The summed E-state index contributed by atoms with van der Waals surface area (Å²) in [6.07, 6.45) is 0. The summed E-state index contributed by atoms with van der Waals surface area (Å²) in [5.74, 6) is -2.81. The summed E-state index contributed by atoms with van der Waals surface area (Å²) in [6, 6.07) is 0. The normalized spacial score (nSPS) is 12.0. The van der Waals surface area contributed by atoms with Crippen LogP contribution in [0.5, 0.6) is 0 Å². The van der Waals surface area contributed by atoms with Crippen LogP contribution in [0.25, 0.3) is 0 Å². The molecule has 1 heterocycles. The zero-order chi connectivity index (χ0) is 8.48. The van der Waals surface area contributed by atoms with Crippen molar-refractivity contribution in [3.8, 4) is 0 Å². The molecule has 62 valence electrons. The highest BCUT2D eigenvalue weighted by molar-refractivity contribution is 9.08. The van der Waals surface area contributed by atoms with Crippen molar-refractivity contribution in [1.29, 1.82) is 0 Å². The average molecular weight is 242 g/mol. The number of thiazole rings is 1. The lowest BCUT2D eigenvalue weighted by atomic mass is 10.3. The van der Waals surface area contributed by atoms with Crippen molar-refractivity contribution in [1.82, 2.24) is 4.98 Å². The summed E-state index contributed by atoms with van der Waals surface area (Å²) in [6.45, 7) is 0.847. The maximum absolute atomic E-state index is 12.5. The fraction of sp³-hybridized carbons (Fsp3) is 0.500. The van der Waals surface area contributed by atoms with Crippen LogP contribution in [-0.2, 0) is 11.3 Å². The van der Waals surface area contributed by atoms with E-state index in [9.17, 15) is 8.78 Å². The van der Waals surface area contributed by atoms with Crippen molar-refractivity contribution >= 4 is 27.3 Å². The number of halogens is 3. The summed E-state index contributed by atoms with van der Waals surface area (Å²) >= 11 is 4.38. The van der Waals surface area contributed by atoms with Crippen LogP contribution in [0.2, 0.25) is 0 Å². The minimum Gasteiger partial charge on any atom is -0.239 e. The van der Waals surface area contributed by atoms with Crippen LogP contribution < -0.4 is 0 Å². The molecular weight excluding hydrogens is 236 g/mol. The molecule has 0 spiro atoms.